The van der Waals surface area contributed by atoms with Gasteiger partial charge in [-0.25, -0.2) is 0 Å². The highest BCUT2D eigenvalue weighted by Gasteiger charge is 2.27. The summed E-state index contributed by atoms with van der Waals surface area (Å²) in [6.45, 7) is 13.5. The number of hydrogen-bond donors (Lipinski definition) is 0. The lowest BCUT2D eigenvalue weighted by molar-refractivity contribution is 0.0280. The van der Waals surface area contributed by atoms with E-state index in [0.29, 0.717) is 12.6 Å². The van der Waals surface area contributed by atoms with Crippen molar-refractivity contribution < 1.29 is 0 Å². The molecular formula is C12H24N4. The smallest absolute Gasteiger partial charge is 0.0876 e. The molecule has 0 aromatic rings. The van der Waals surface area contributed by atoms with Crippen LogP contribution in [-0.4, -0.2) is 66.7 Å². The largest absolute Gasteiger partial charge is 0.298 e. The van der Waals surface area contributed by atoms with Crippen LogP contribution in [0.1, 0.15) is 20.8 Å². The van der Waals surface area contributed by atoms with E-state index in [9.17, 15) is 0 Å². The summed E-state index contributed by atoms with van der Waals surface area (Å²) in [6.07, 6.45) is 0. The van der Waals surface area contributed by atoms with E-state index in [1.165, 1.54) is 0 Å². The van der Waals surface area contributed by atoms with Crippen LogP contribution in [0.25, 0.3) is 0 Å². The number of likely N-dealkylation sites (N-methyl/N-ethyl adjacent to an activating group) is 2. The van der Waals surface area contributed by atoms with Crippen LogP contribution >= 0.6 is 0 Å². The van der Waals surface area contributed by atoms with Gasteiger partial charge in [-0.2, -0.15) is 5.26 Å². The summed E-state index contributed by atoms with van der Waals surface area (Å²) >= 11 is 0. The van der Waals surface area contributed by atoms with Gasteiger partial charge in [-0.1, -0.05) is 20.8 Å². The fraction of sp³-hybridized carbons (Fsp3) is 0.917. The van der Waals surface area contributed by atoms with Crippen molar-refractivity contribution >= 4 is 0 Å². The van der Waals surface area contributed by atoms with Gasteiger partial charge in [0.1, 0.15) is 0 Å². The molecule has 1 atom stereocenters. The topological polar surface area (TPSA) is 33.5 Å². The van der Waals surface area contributed by atoms with Crippen LogP contribution < -0.4 is 0 Å². The SMILES string of the molecule is CCN1CC(N(CC)CC)CN(CC#N)C1. The van der Waals surface area contributed by atoms with Gasteiger partial charge in [0.2, 0.25) is 0 Å². The van der Waals surface area contributed by atoms with Gasteiger partial charge in [-0.15, -0.1) is 0 Å². The fourth-order valence-electron chi connectivity index (χ4n) is 2.47. The maximum Gasteiger partial charge on any atom is 0.0876 e. The fourth-order valence-corrected chi connectivity index (χ4v) is 2.47. The Morgan fingerprint density at radius 1 is 1.19 bits per heavy atom. The molecule has 1 heterocycles. The van der Waals surface area contributed by atoms with E-state index < -0.39 is 0 Å². The summed E-state index contributed by atoms with van der Waals surface area (Å²) in [7, 11) is 0. The molecule has 4 heteroatoms. The summed E-state index contributed by atoms with van der Waals surface area (Å²) in [5.41, 5.74) is 0. The van der Waals surface area contributed by atoms with E-state index in [4.69, 9.17) is 5.26 Å². The molecule has 0 bridgehead atoms. The minimum absolute atomic E-state index is 0.550. The molecule has 4 nitrogen and oxygen atoms in total. The molecule has 1 unspecified atom stereocenters. The van der Waals surface area contributed by atoms with E-state index in [1.807, 2.05) is 0 Å². The van der Waals surface area contributed by atoms with Gasteiger partial charge in [0.05, 0.1) is 19.3 Å². The number of nitrogens with zero attached hydrogens (tertiary/aromatic N) is 4. The first-order valence-corrected chi connectivity index (χ1v) is 6.30. The Labute approximate surface area is 99.4 Å². The maximum absolute atomic E-state index is 8.79. The Morgan fingerprint density at radius 3 is 2.31 bits per heavy atom. The van der Waals surface area contributed by atoms with Crippen molar-refractivity contribution in [2.24, 2.45) is 0 Å². The third-order valence-corrected chi connectivity index (χ3v) is 3.41. The highest BCUT2D eigenvalue weighted by Crippen LogP contribution is 2.11. The summed E-state index contributed by atoms with van der Waals surface area (Å²) in [4.78, 5) is 7.16. The summed E-state index contributed by atoms with van der Waals surface area (Å²) < 4.78 is 0. The van der Waals surface area contributed by atoms with Gasteiger partial charge in [0, 0.05) is 19.1 Å². The second-order valence-corrected chi connectivity index (χ2v) is 4.36. The highest BCUT2D eigenvalue weighted by molar-refractivity contribution is 4.86. The Morgan fingerprint density at radius 2 is 1.81 bits per heavy atom. The minimum atomic E-state index is 0.550. The molecule has 0 aliphatic carbocycles. The third-order valence-electron chi connectivity index (χ3n) is 3.41. The van der Waals surface area contributed by atoms with Crippen LogP contribution in [0.15, 0.2) is 0 Å². The monoisotopic (exact) mass is 224 g/mol. The zero-order valence-electron chi connectivity index (χ0n) is 10.8. The summed E-state index contributed by atoms with van der Waals surface area (Å²) in [6, 6.07) is 2.84. The van der Waals surface area contributed by atoms with E-state index in [0.717, 1.165) is 39.4 Å². The lowest BCUT2D eigenvalue weighted by Crippen LogP contribution is -2.57. The first-order valence-electron chi connectivity index (χ1n) is 6.30. The van der Waals surface area contributed by atoms with Crippen molar-refractivity contribution in [3.8, 4) is 6.07 Å². The number of nitriles is 1. The molecule has 1 rings (SSSR count). The normalized spacial score (nSPS) is 23.6. The molecule has 1 aliphatic heterocycles. The molecule has 1 saturated heterocycles. The lowest BCUT2D eigenvalue weighted by Gasteiger charge is -2.43. The van der Waals surface area contributed by atoms with Gasteiger partial charge >= 0.3 is 0 Å². The molecule has 1 aliphatic rings. The Balaban J connectivity index is 2.60. The van der Waals surface area contributed by atoms with Crippen LogP contribution in [0.3, 0.4) is 0 Å². The van der Waals surface area contributed by atoms with Gasteiger partial charge in [-0.05, 0) is 19.6 Å². The second kappa shape index (κ2) is 6.85. The quantitative estimate of drug-likeness (QED) is 0.647. The van der Waals surface area contributed by atoms with Gasteiger partial charge in [0.15, 0.2) is 0 Å². The van der Waals surface area contributed by atoms with Crippen molar-refractivity contribution in [1.29, 1.82) is 5.26 Å². The zero-order valence-corrected chi connectivity index (χ0v) is 10.8. The molecule has 0 saturated carbocycles. The first kappa shape index (κ1) is 13.4. The van der Waals surface area contributed by atoms with Crippen LogP contribution in [-0.2, 0) is 0 Å². The molecule has 0 amide bonds. The van der Waals surface area contributed by atoms with Crippen LogP contribution in [0.2, 0.25) is 0 Å². The molecule has 0 aromatic heterocycles. The van der Waals surface area contributed by atoms with Crippen LogP contribution in [0, 0.1) is 11.3 Å². The molecular weight excluding hydrogens is 200 g/mol. The van der Waals surface area contributed by atoms with E-state index in [1.54, 1.807) is 0 Å². The average Bonchev–Trinajstić information content (AvgIpc) is 2.31. The number of hydrogen-bond acceptors (Lipinski definition) is 4. The minimum Gasteiger partial charge on any atom is -0.298 e. The Kier molecular flexibility index (Phi) is 5.75. The molecule has 0 N–H and O–H groups in total. The second-order valence-electron chi connectivity index (χ2n) is 4.36. The van der Waals surface area contributed by atoms with Crippen LogP contribution in [0.4, 0.5) is 0 Å². The van der Waals surface area contributed by atoms with E-state index in [2.05, 4.69) is 41.5 Å². The molecule has 0 aromatic carbocycles. The van der Waals surface area contributed by atoms with Crippen molar-refractivity contribution in [3.63, 3.8) is 0 Å². The molecule has 1 fully saturated rings. The predicted molar refractivity (Wildman–Crippen MR) is 66.0 cm³/mol. The zero-order chi connectivity index (χ0) is 12.0. The van der Waals surface area contributed by atoms with Crippen molar-refractivity contribution in [2.75, 3.05) is 45.9 Å². The van der Waals surface area contributed by atoms with Gasteiger partial charge in [-0.3, -0.25) is 14.7 Å². The summed E-state index contributed by atoms with van der Waals surface area (Å²) in [5, 5.41) is 8.79. The number of rotatable bonds is 5. The van der Waals surface area contributed by atoms with Crippen LogP contribution in [0.5, 0.6) is 0 Å². The highest BCUT2D eigenvalue weighted by atomic mass is 15.4. The van der Waals surface area contributed by atoms with Gasteiger partial charge in [0.25, 0.3) is 0 Å². The Bertz CT molecular complexity index is 232. The molecule has 16 heavy (non-hydrogen) atoms. The Hall–Kier alpha value is -0.630. The van der Waals surface area contributed by atoms with Gasteiger partial charge < -0.3 is 0 Å². The molecule has 0 spiro atoms. The van der Waals surface area contributed by atoms with Crippen molar-refractivity contribution in [3.05, 3.63) is 0 Å². The summed E-state index contributed by atoms with van der Waals surface area (Å²) in [5.74, 6) is 0. The van der Waals surface area contributed by atoms with E-state index >= 15 is 0 Å². The maximum atomic E-state index is 8.79. The lowest BCUT2D eigenvalue weighted by atomic mass is 10.1. The molecule has 92 valence electrons. The third kappa shape index (κ3) is 3.44. The predicted octanol–water partition coefficient (Wildman–Crippen LogP) is 0.815. The van der Waals surface area contributed by atoms with E-state index in [-0.39, 0.29) is 0 Å². The first-order chi connectivity index (χ1) is 7.74. The average molecular weight is 224 g/mol. The molecule has 0 radical (unpaired) electrons. The van der Waals surface area contributed by atoms with Crippen molar-refractivity contribution in [2.45, 2.75) is 26.8 Å². The van der Waals surface area contributed by atoms with Crippen molar-refractivity contribution in [1.82, 2.24) is 14.7 Å². The standard InChI is InChI=1S/C12H24N4/c1-4-14-9-12(16(5-2)6-3)10-15(11-14)8-7-13/h12H,4-6,8-11H2,1-3H3.